The van der Waals surface area contributed by atoms with Crippen molar-refractivity contribution >= 4 is 26.7 Å². The van der Waals surface area contributed by atoms with E-state index in [1.807, 2.05) is 42.1 Å². The number of halogens is 2. The molecular weight excluding hydrogens is 397 g/mol. The molecule has 0 amide bonds. The van der Waals surface area contributed by atoms with Crippen LogP contribution in [0.5, 0.6) is 5.75 Å². The van der Waals surface area contributed by atoms with E-state index in [2.05, 4.69) is 25.9 Å². The second-order valence-corrected chi connectivity index (χ2v) is 7.04. The molecule has 6 heteroatoms. The van der Waals surface area contributed by atoms with Gasteiger partial charge in [0.2, 0.25) is 0 Å². The van der Waals surface area contributed by atoms with Crippen molar-refractivity contribution in [1.29, 1.82) is 0 Å². The molecule has 26 heavy (non-hydrogen) atoms. The molecule has 4 nitrogen and oxygen atoms in total. The largest absolute Gasteiger partial charge is 0.496 e. The first-order valence-electron chi connectivity index (χ1n) is 8.17. The molecule has 132 valence electrons. The molecule has 4 rings (SSSR count). The molecule has 0 spiro atoms. The number of imidazole rings is 1. The zero-order chi connectivity index (χ0) is 18.3. The molecule has 0 saturated heterocycles. The van der Waals surface area contributed by atoms with Crippen molar-refractivity contribution in [1.82, 2.24) is 14.5 Å². The van der Waals surface area contributed by atoms with Crippen molar-refractivity contribution in [3.8, 4) is 5.75 Å². The topological polar surface area (TPSA) is 42.8 Å². The van der Waals surface area contributed by atoms with Crippen molar-refractivity contribution in [3.05, 3.63) is 82.4 Å². The second kappa shape index (κ2) is 6.61. The van der Waals surface area contributed by atoms with Gasteiger partial charge in [0, 0.05) is 45.1 Å². The van der Waals surface area contributed by atoms with Gasteiger partial charge in [-0.2, -0.15) is 0 Å². The van der Waals surface area contributed by atoms with Crippen molar-refractivity contribution in [2.75, 3.05) is 7.11 Å². The molecule has 2 aromatic heterocycles. The van der Waals surface area contributed by atoms with Gasteiger partial charge < -0.3 is 14.3 Å². The molecular formula is C20H17BrFN3O. The number of benzene rings is 2. The standard InChI is InChI=1S/C20H17BrFN3O/c1-12-9-23-20(24-12)19(15-8-14(22)6-7-18(15)26-2)25-10-13-4-3-5-17(21)16(13)11-25/h3-11,19H,1-2H3,(H,23,24). The molecule has 2 aromatic carbocycles. The molecule has 1 unspecified atom stereocenters. The molecule has 0 bridgehead atoms. The quantitative estimate of drug-likeness (QED) is 0.498. The van der Waals surface area contributed by atoms with E-state index in [-0.39, 0.29) is 11.9 Å². The van der Waals surface area contributed by atoms with Crippen molar-refractivity contribution in [2.24, 2.45) is 0 Å². The Hall–Kier alpha value is -2.60. The van der Waals surface area contributed by atoms with E-state index in [1.54, 1.807) is 19.4 Å². The lowest BCUT2D eigenvalue weighted by Crippen LogP contribution is -2.14. The van der Waals surface area contributed by atoms with Gasteiger partial charge in [-0.25, -0.2) is 9.37 Å². The van der Waals surface area contributed by atoms with Crippen molar-refractivity contribution < 1.29 is 9.13 Å². The van der Waals surface area contributed by atoms with Crippen LogP contribution in [0.3, 0.4) is 0 Å². The van der Waals surface area contributed by atoms with Crippen LogP contribution in [0.4, 0.5) is 4.39 Å². The number of H-pyrrole nitrogens is 1. The lowest BCUT2D eigenvalue weighted by Gasteiger charge is -2.20. The Morgan fingerprint density at radius 3 is 2.77 bits per heavy atom. The Bertz CT molecular complexity index is 1090. The summed E-state index contributed by atoms with van der Waals surface area (Å²) in [5, 5.41) is 2.17. The van der Waals surface area contributed by atoms with Crippen molar-refractivity contribution in [3.63, 3.8) is 0 Å². The third kappa shape index (κ3) is 2.90. The highest BCUT2D eigenvalue weighted by molar-refractivity contribution is 9.10. The third-order valence-corrected chi connectivity index (χ3v) is 5.11. The van der Waals surface area contributed by atoms with Crippen LogP contribution in [-0.4, -0.2) is 21.6 Å². The van der Waals surface area contributed by atoms with Crippen molar-refractivity contribution in [2.45, 2.75) is 13.0 Å². The molecule has 0 aliphatic carbocycles. The van der Waals surface area contributed by atoms with E-state index in [0.29, 0.717) is 11.3 Å². The fourth-order valence-electron chi connectivity index (χ4n) is 3.24. The van der Waals surface area contributed by atoms with Crippen LogP contribution in [0.15, 0.2) is 59.5 Å². The van der Waals surface area contributed by atoms with Gasteiger partial charge in [-0.05, 0) is 31.2 Å². The van der Waals surface area contributed by atoms with Crippen LogP contribution in [-0.2, 0) is 0 Å². The normalized spacial score (nSPS) is 12.5. The van der Waals surface area contributed by atoms with E-state index in [4.69, 9.17) is 4.74 Å². The number of hydrogen-bond donors (Lipinski definition) is 1. The highest BCUT2D eigenvalue weighted by atomic mass is 79.9. The molecule has 1 atom stereocenters. The van der Waals surface area contributed by atoms with E-state index in [0.717, 1.165) is 26.8 Å². The number of fused-ring (bicyclic) bond motifs is 1. The first-order valence-corrected chi connectivity index (χ1v) is 8.97. The highest BCUT2D eigenvalue weighted by Crippen LogP contribution is 2.35. The first-order chi connectivity index (χ1) is 12.6. The van der Waals surface area contributed by atoms with Crippen LogP contribution in [0.2, 0.25) is 0 Å². The number of ether oxygens (including phenoxy) is 1. The fraction of sp³-hybridized carbons (Fsp3) is 0.150. The minimum atomic E-state index is -0.339. The second-order valence-electron chi connectivity index (χ2n) is 6.19. The van der Waals surface area contributed by atoms with Gasteiger partial charge in [0.15, 0.2) is 0 Å². The average Bonchev–Trinajstić information content (AvgIpc) is 3.23. The Labute approximate surface area is 158 Å². The predicted octanol–water partition coefficient (Wildman–Crippen LogP) is 5.22. The van der Waals surface area contributed by atoms with Gasteiger partial charge in [0.1, 0.15) is 23.4 Å². The summed E-state index contributed by atoms with van der Waals surface area (Å²) in [6.45, 7) is 1.94. The van der Waals surface area contributed by atoms with E-state index in [1.165, 1.54) is 12.1 Å². The summed E-state index contributed by atoms with van der Waals surface area (Å²) >= 11 is 3.59. The zero-order valence-corrected chi connectivity index (χ0v) is 15.9. The maximum atomic E-state index is 14.0. The van der Waals surface area contributed by atoms with Gasteiger partial charge in [0.05, 0.1) is 7.11 Å². The number of nitrogens with one attached hydrogen (secondary N) is 1. The minimum absolute atomic E-state index is 0.313. The summed E-state index contributed by atoms with van der Waals surface area (Å²) in [5.41, 5.74) is 1.65. The summed E-state index contributed by atoms with van der Waals surface area (Å²) in [6.07, 6.45) is 5.84. The fourth-order valence-corrected chi connectivity index (χ4v) is 3.72. The van der Waals surface area contributed by atoms with Crippen LogP contribution >= 0.6 is 15.9 Å². The van der Waals surface area contributed by atoms with E-state index >= 15 is 0 Å². The lowest BCUT2D eigenvalue weighted by molar-refractivity contribution is 0.402. The summed E-state index contributed by atoms with van der Waals surface area (Å²) < 4.78 is 22.6. The number of aromatic nitrogens is 3. The van der Waals surface area contributed by atoms with Crippen LogP contribution in [0.25, 0.3) is 10.8 Å². The first kappa shape index (κ1) is 16.8. The molecule has 4 aromatic rings. The number of aromatic amines is 1. The molecule has 2 heterocycles. The van der Waals surface area contributed by atoms with E-state index in [9.17, 15) is 4.39 Å². The Balaban J connectivity index is 1.97. The predicted molar refractivity (Wildman–Crippen MR) is 103 cm³/mol. The molecule has 1 N–H and O–H groups in total. The summed E-state index contributed by atoms with van der Waals surface area (Å²) in [6, 6.07) is 10.2. The van der Waals surface area contributed by atoms with Gasteiger partial charge in [-0.1, -0.05) is 28.1 Å². The average molecular weight is 414 g/mol. The van der Waals surface area contributed by atoms with E-state index < -0.39 is 0 Å². The van der Waals surface area contributed by atoms with Crippen LogP contribution in [0.1, 0.15) is 23.1 Å². The summed E-state index contributed by atoms with van der Waals surface area (Å²) in [7, 11) is 1.59. The van der Waals surface area contributed by atoms with Gasteiger partial charge in [0.25, 0.3) is 0 Å². The van der Waals surface area contributed by atoms with Gasteiger partial charge in [-0.3, -0.25) is 0 Å². The molecule has 0 radical (unpaired) electrons. The van der Waals surface area contributed by atoms with Crippen LogP contribution in [0, 0.1) is 12.7 Å². The van der Waals surface area contributed by atoms with Crippen LogP contribution < -0.4 is 4.74 Å². The molecule has 0 aliphatic heterocycles. The number of nitrogens with zero attached hydrogens (tertiary/aromatic N) is 2. The number of aryl methyl sites for hydroxylation is 1. The molecule has 0 fully saturated rings. The number of methoxy groups -OCH3 is 1. The summed E-state index contributed by atoms with van der Waals surface area (Å²) in [4.78, 5) is 7.78. The highest BCUT2D eigenvalue weighted by Gasteiger charge is 2.24. The molecule has 0 saturated carbocycles. The minimum Gasteiger partial charge on any atom is -0.496 e. The number of hydrogen-bond acceptors (Lipinski definition) is 2. The smallest absolute Gasteiger partial charge is 0.134 e. The Morgan fingerprint density at radius 1 is 1.23 bits per heavy atom. The Kier molecular flexibility index (Phi) is 4.28. The Morgan fingerprint density at radius 2 is 2.08 bits per heavy atom. The summed E-state index contributed by atoms with van der Waals surface area (Å²) in [5.74, 6) is 1.03. The zero-order valence-electron chi connectivity index (χ0n) is 14.3. The van der Waals surface area contributed by atoms with Gasteiger partial charge >= 0.3 is 0 Å². The van der Waals surface area contributed by atoms with Gasteiger partial charge in [-0.15, -0.1) is 0 Å². The number of rotatable bonds is 4. The molecule has 0 aliphatic rings. The lowest BCUT2D eigenvalue weighted by atomic mass is 10.0. The SMILES string of the molecule is COc1ccc(F)cc1C(c1ncc(C)[nH]1)n1cc2cccc(Br)c2c1. The third-order valence-electron chi connectivity index (χ3n) is 4.42. The maximum absolute atomic E-state index is 14.0. The monoisotopic (exact) mass is 413 g/mol. The maximum Gasteiger partial charge on any atom is 0.134 e.